The Morgan fingerprint density at radius 3 is 1.34 bits per heavy atom. The highest BCUT2D eigenvalue weighted by molar-refractivity contribution is 9.11. The third-order valence-corrected chi connectivity index (χ3v) is 18.4. The fraction of sp³-hybridized carbons (Fsp3) is 0.400. The minimum atomic E-state index is -3.20. The van der Waals surface area contributed by atoms with E-state index in [1.54, 1.807) is 59.9 Å². The monoisotopic (exact) mass is 1280 g/mol. The molecule has 1 fully saturated rings. The van der Waals surface area contributed by atoms with Gasteiger partial charge in [-0.25, -0.2) is 16.8 Å². The first-order chi connectivity index (χ1) is 35.8. The Morgan fingerprint density at radius 1 is 0.545 bits per heavy atom. The lowest BCUT2D eigenvalue weighted by Gasteiger charge is -2.32. The number of sulfone groups is 2. The van der Waals surface area contributed by atoms with Crippen molar-refractivity contribution in [2.45, 2.75) is 125 Å². The molecule has 1 aliphatic heterocycles. The Hall–Kier alpha value is -1.03. The number of rotatable bonds is 15. The molecule has 0 aromatic heterocycles. The summed E-state index contributed by atoms with van der Waals surface area (Å²) in [6.45, 7) is 18.5. The number of thioether (sulfide) groups is 2. The summed E-state index contributed by atoms with van der Waals surface area (Å²) in [6, 6.07) is 33.7. The highest BCUT2D eigenvalue weighted by Crippen LogP contribution is 2.37. The molecule has 0 bridgehead atoms. The first-order valence-electron chi connectivity index (χ1n) is 25.3. The zero-order chi connectivity index (χ0) is 59.1. The SMILES string of the molecule is CCc1cc(S(C)(=O)=O)ccc1B1OC(C)(C)C(C)(C)O1.CCc1cc(S(C)(=O)=O)ccc1Br.CCc1cc(SC)ccc1Br.CCc1cccc(Br)c1.CCc1cccc(SC)c1.[B][B]B(B([B])[B])B(B([B])[B])B([B])[B]. The standard InChI is InChI=1S/C15H23BO4S.C9H11BrO2S.C9H11BrS.C9H12S.C8H9Br.B13/c1-7-11-10-12(21(6,17)18)8-9-13(11)16-19-14(2,3)15(4,5)20-16;1-3-7-6-8(13(2,11)12)4-5-9(7)10;1-3-7-6-8(11-2)4-5-9(7)10;1-3-8-5-4-6-9(7-8)10-2;1-2-7-4-3-5-8(9)6-7;1-8-12(9(2)3)13(10(4)5)11(6)7/h8-10H,7H2,1-6H3;4-6H,3H2,1-2H3;4-6H,3H2,1-2H3;4-7H,3H2,1-2H3;3-6H,2H2,1H3;. The van der Waals surface area contributed by atoms with Crippen LogP contribution in [0.3, 0.4) is 0 Å². The van der Waals surface area contributed by atoms with Gasteiger partial charge >= 0.3 is 7.12 Å². The van der Waals surface area contributed by atoms with Crippen molar-refractivity contribution in [3.63, 3.8) is 0 Å². The quantitative estimate of drug-likeness (QED) is 0.0759. The molecular weight excluding hydrogens is 1220 g/mol. The topological polar surface area (TPSA) is 86.7 Å². The van der Waals surface area contributed by atoms with E-state index < -0.39 is 63.5 Å². The molecule has 1 heterocycles. The molecule has 389 valence electrons. The Morgan fingerprint density at radius 2 is 0.961 bits per heavy atom. The minimum absolute atomic E-state index is 0.333. The van der Waals surface area contributed by atoms with Crippen LogP contribution >= 0.6 is 71.3 Å². The van der Waals surface area contributed by atoms with E-state index >= 15 is 0 Å². The molecule has 1 aliphatic rings. The van der Waals surface area contributed by atoms with Gasteiger partial charge in [0.1, 0.15) is 0 Å². The number of hydrogen-bond acceptors (Lipinski definition) is 8. The van der Waals surface area contributed by atoms with Crippen molar-refractivity contribution < 1.29 is 26.1 Å². The first-order valence-corrected chi connectivity index (χ1v) is 33.9. The van der Waals surface area contributed by atoms with E-state index in [1.807, 2.05) is 47.6 Å². The molecule has 6 rings (SSSR count). The summed E-state index contributed by atoms with van der Waals surface area (Å²) >= 11 is 13.9. The zero-order valence-electron chi connectivity index (χ0n) is 47.1. The number of benzene rings is 5. The van der Waals surface area contributed by atoms with Gasteiger partial charge in [0, 0.05) is 129 Å². The molecular formula is C50H66B14Br3O6S4. The Bertz CT molecular complexity index is 2760. The molecule has 77 heavy (non-hydrogen) atoms. The number of aryl methyl sites for hydroxylation is 5. The fourth-order valence-electron chi connectivity index (χ4n) is 7.25. The van der Waals surface area contributed by atoms with Crippen molar-refractivity contribution in [2.24, 2.45) is 0 Å². The van der Waals surface area contributed by atoms with Gasteiger partial charge in [-0.15, -0.1) is 23.5 Å². The maximum Gasteiger partial charge on any atom is 0.495 e. The average Bonchev–Trinajstić information content (AvgIpc) is 3.60. The molecule has 5 aromatic rings. The van der Waals surface area contributed by atoms with Gasteiger partial charge in [-0.2, -0.15) is 0 Å². The van der Waals surface area contributed by atoms with Gasteiger partial charge in [-0.1, -0.05) is 113 Å². The molecule has 0 unspecified atom stereocenters. The van der Waals surface area contributed by atoms with Gasteiger partial charge in [-0.3, -0.25) is 0 Å². The van der Waals surface area contributed by atoms with Crippen LogP contribution in [0.4, 0.5) is 0 Å². The second-order valence-electron chi connectivity index (χ2n) is 19.0. The van der Waals surface area contributed by atoms with E-state index in [-0.39, 0.29) is 6.39 Å². The summed E-state index contributed by atoms with van der Waals surface area (Å²) in [5.74, 6) is 0. The van der Waals surface area contributed by atoms with Crippen LogP contribution in [0.1, 0.15) is 90.1 Å². The second-order valence-corrected chi connectivity index (χ2v) is 27.4. The molecule has 1 saturated heterocycles. The summed E-state index contributed by atoms with van der Waals surface area (Å²) in [7, 11) is 32.8. The van der Waals surface area contributed by atoms with Crippen molar-refractivity contribution in [1.29, 1.82) is 0 Å². The lowest BCUT2D eigenvalue weighted by atomic mass is 8.50. The smallest absolute Gasteiger partial charge is 0.399 e. The number of hydrogen-bond donors (Lipinski definition) is 0. The maximum absolute atomic E-state index is 11.7. The largest absolute Gasteiger partial charge is 0.495 e. The number of halogens is 3. The van der Waals surface area contributed by atoms with Gasteiger partial charge in [0.25, 0.3) is 0 Å². The summed E-state index contributed by atoms with van der Waals surface area (Å²) in [4.78, 5) is 3.41. The Kier molecular flexibility index (Phi) is 34.4. The van der Waals surface area contributed by atoms with Crippen molar-refractivity contribution >= 4 is 197 Å². The van der Waals surface area contributed by atoms with Crippen LogP contribution in [-0.4, -0.2) is 153 Å². The van der Waals surface area contributed by atoms with E-state index in [1.165, 1.54) is 55.0 Å². The summed E-state index contributed by atoms with van der Waals surface area (Å²) in [6.07, 6.45) is 8.65. The van der Waals surface area contributed by atoms with Crippen molar-refractivity contribution in [1.82, 2.24) is 0 Å². The molecule has 27 heteroatoms. The Balaban J connectivity index is 0.000000474. The van der Waals surface area contributed by atoms with Crippen LogP contribution in [-0.2, 0) is 61.1 Å². The normalized spacial score (nSPS) is 12.9. The van der Waals surface area contributed by atoms with Crippen LogP contribution in [0.15, 0.2) is 136 Å². The minimum Gasteiger partial charge on any atom is -0.399 e. The zero-order valence-corrected chi connectivity index (χ0v) is 55.2. The van der Waals surface area contributed by atoms with Crippen molar-refractivity contribution in [3.8, 4) is 0 Å². The molecule has 0 amide bonds. The molecule has 15 radical (unpaired) electrons. The van der Waals surface area contributed by atoms with E-state index in [0.717, 1.165) is 53.2 Å². The molecule has 0 aliphatic carbocycles. The predicted molar refractivity (Wildman–Crippen MR) is 362 cm³/mol. The van der Waals surface area contributed by atoms with E-state index in [4.69, 9.17) is 63.5 Å². The van der Waals surface area contributed by atoms with Crippen LogP contribution in [0, 0.1) is 0 Å². The summed E-state index contributed by atoms with van der Waals surface area (Å²) < 4.78 is 61.2. The van der Waals surface area contributed by atoms with E-state index in [9.17, 15) is 16.8 Å². The Labute approximate surface area is 512 Å². The van der Waals surface area contributed by atoms with Crippen molar-refractivity contribution in [2.75, 3.05) is 25.0 Å². The van der Waals surface area contributed by atoms with Gasteiger partial charge in [0.2, 0.25) is 0 Å². The maximum atomic E-state index is 11.7. The highest BCUT2D eigenvalue weighted by Gasteiger charge is 2.52. The van der Waals surface area contributed by atoms with Gasteiger partial charge in [0.05, 0.1) is 21.0 Å². The molecule has 0 atom stereocenters. The third kappa shape index (κ3) is 25.6. The molecule has 6 nitrogen and oxygen atoms in total. The molecule has 0 saturated carbocycles. The van der Waals surface area contributed by atoms with Gasteiger partial charge < -0.3 is 9.31 Å². The molecule has 0 N–H and O–H groups in total. The van der Waals surface area contributed by atoms with Crippen LogP contribution in [0.2, 0.25) is 0 Å². The van der Waals surface area contributed by atoms with Crippen molar-refractivity contribution in [3.05, 3.63) is 144 Å². The highest BCUT2D eigenvalue weighted by atomic mass is 79.9. The fourth-order valence-corrected chi connectivity index (χ4v) is 11.0. The van der Waals surface area contributed by atoms with E-state index in [0.29, 0.717) is 9.79 Å². The van der Waals surface area contributed by atoms with Crippen LogP contribution in [0.25, 0.3) is 0 Å². The molecule has 0 spiro atoms. The second kappa shape index (κ2) is 35.8. The van der Waals surface area contributed by atoms with Crippen LogP contribution in [0.5, 0.6) is 0 Å². The first kappa shape index (κ1) is 74.0. The third-order valence-electron chi connectivity index (χ3n) is 12.7. The molecule has 5 aromatic carbocycles. The summed E-state index contributed by atoms with van der Waals surface area (Å²) in [5.41, 5.74) is 6.24. The van der Waals surface area contributed by atoms with Gasteiger partial charge in [0.15, 0.2) is 19.7 Å². The van der Waals surface area contributed by atoms with Gasteiger partial charge in [-0.05, 0) is 178 Å². The average molecular weight is 1280 g/mol. The van der Waals surface area contributed by atoms with E-state index in [2.05, 4.69) is 142 Å². The predicted octanol–water partition coefficient (Wildman–Crippen LogP) is 9.13. The summed E-state index contributed by atoms with van der Waals surface area (Å²) in [5, 5.41) is 0. The lowest BCUT2D eigenvalue weighted by Crippen LogP contribution is -2.69. The lowest BCUT2D eigenvalue weighted by molar-refractivity contribution is 0.00578. The van der Waals surface area contributed by atoms with Crippen LogP contribution < -0.4 is 5.46 Å².